The SMILES string of the molecule is CC(C)CC12COC(C(C)O1)C2C(C)C.CC(C)CC12COC(C(C)O1)C2C(C)C.CCOC.CCOC. The molecule has 4 rings (SSSR count). The smallest absolute Gasteiger partial charge is 0.0978 e. The summed E-state index contributed by atoms with van der Waals surface area (Å²) >= 11 is 0. The second kappa shape index (κ2) is 16.3. The number of ether oxygens (including phenoxy) is 6. The zero-order valence-corrected chi connectivity index (χ0v) is 27.5. The maximum Gasteiger partial charge on any atom is 0.0978 e. The van der Waals surface area contributed by atoms with Crippen molar-refractivity contribution in [3.63, 3.8) is 0 Å². The normalized spacial score (nSPS) is 36.8. The third-order valence-corrected chi connectivity index (χ3v) is 8.25. The average molecular weight is 545 g/mol. The summed E-state index contributed by atoms with van der Waals surface area (Å²) in [6.45, 7) is 29.7. The number of fused-ring (bicyclic) bond motifs is 4. The zero-order valence-electron chi connectivity index (χ0n) is 27.5. The van der Waals surface area contributed by atoms with Crippen LogP contribution in [-0.4, -0.2) is 76.3 Å². The second-order valence-corrected chi connectivity index (χ2v) is 13.2. The van der Waals surface area contributed by atoms with Gasteiger partial charge in [0.05, 0.1) is 48.8 Å². The first kappa shape index (κ1) is 35.8. The van der Waals surface area contributed by atoms with Crippen LogP contribution in [0.4, 0.5) is 0 Å². The van der Waals surface area contributed by atoms with E-state index in [0.717, 1.165) is 39.3 Å². The first-order valence-electron chi connectivity index (χ1n) is 15.3. The lowest BCUT2D eigenvalue weighted by molar-refractivity contribution is -0.143. The molecule has 0 radical (unpaired) electrons. The van der Waals surface area contributed by atoms with Crippen molar-refractivity contribution in [2.24, 2.45) is 35.5 Å². The first-order valence-corrected chi connectivity index (χ1v) is 15.3. The van der Waals surface area contributed by atoms with Crippen molar-refractivity contribution >= 4 is 0 Å². The average Bonchev–Trinajstić information content (AvgIpc) is 3.51. The van der Waals surface area contributed by atoms with E-state index >= 15 is 0 Å². The summed E-state index contributed by atoms with van der Waals surface area (Å²) in [6, 6.07) is 0. The van der Waals surface area contributed by atoms with E-state index in [1.54, 1.807) is 14.2 Å². The molecule has 0 aromatic rings. The quantitative estimate of drug-likeness (QED) is 0.327. The molecule has 0 amide bonds. The van der Waals surface area contributed by atoms with E-state index in [2.05, 4.69) is 78.7 Å². The van der Waals surface area contributed by atoms with Crippen molar-refractivity contribution in [2.45, 2.75) is 132 Å². The van der Waals surface area contributed by atoms with Crippen molar-refractivity contribution in [2.75, 3.05) is 40.6 Å². The first-order chi connectivity index (χ1) is 17.8. The van der Waals surface area contributed by atoms with E-state index in [9.17, 15) is 0 Å². The van der Waals surface area contributed by atoms with Crippen LogP contribution in [0.5, 0.6) is 0 Å². The van der Waals surface area contributed by atoms with E-state index in [4.69, 9.17) is 18.9 Å². The molecule has 4 fully saturated rings. The lowest BCUT2D eigenvalue weighted by atomic mass is 9.76. The van der Waals surface area contributed by atoms with Gasteiger partial charge < -0.3 is 28.4 Å². The molecule has 4 aliphatic rings. The van der Waals surface area contributed by atoms with Crippen LogP contribution in [0, 0.1) is 35.5 Å². The van der Waals surface area contributed by atoms with Gasteiger partial charge in [0.25, 0.3) is 0 Å². The van der Waals surface area contributed by atoms with Gasteiger partial charge in [-0.2, -0.15) is 0 Å². The number of methoxy groups -OCH3 is 2. The summed E-state index contributed by atoms with van der Waals surface area (Å²) in [6.07, 6.45) is 3.51. The van der Waals surface area contributed by atoms with E-state index in [0.29, 0.717) is 47.7 Å². The van der Waals surface area contributed by atoms with Crippen molar-refractivity contribution in [1.82, 2.24) is 0 Å². The summed E-state index contributed by atoms with van der Waals surface area (Å²) in [4.78, 5) is 0. The Morgan fingerprint density at radius 3 is 1.11 bits per heavy atom. The molecule has 8 unspecified atom stereocenters. The van der Waals surface area contributed by atoms with Crippen molar-refractivity contribution < 1.29 is 28.4 Å². The minimum absolute atomic E-state index is 0.0203. The van der Waals surface area contributed by atoms with Crippen LogP contribution in [-0.2, 0) is 28.4 Å². The highest BCUT2D eigenvalue weighted by Gasteiger charge is 2.61. The molecule has 4 bridgehead atoms. The second-order valence-electron chi connectivity index (χ2n) is 13.2. The molecule has 0 aliphatic carbocycles. The van der Waals surface area contributed by atoms with Crippen molar-refractivity contribution in [1.29, 1.82) is 0 Å². The molecule has 8 atom stereocenters. The summed E-state index contributed by atoms with van der Waals surface area (Å²) in [5.41, 5.74) is 0.0405. The Bertz CT molecular complexity index is 579. The monoisotopic (exact) mass is 544 g/mol. The summed E-state index contributed by atoms with van der Waals surface area (Å²) in [5.74, 6) is 3.85. The van der Waals surface area contributed by atoms with Crippen LogP contribution in [0.3, 0.4) is 0 Å². The molecule has 4 saturated heterocycles. The summed E-state index contributed by atoms with van der Waals surface area (Å²) in [5, 5.41) is 0. The molecule has 0 saturated carbocycles. The Kier molecular flexibility index (Phi) is 15.3. The Hall–Kier alpha value is -0.240. The fraction of sp³-hybridized carbons (Fsp3) is 1.00. The van der Waals surface area contributed by atoms with Gasteiger partial charge in [-0.1, -0.05) is 55.4 Å². The van der Waals surface area contributed by atoms with Gasteiger partial charge in [-0.25, -0.2) is 0 Å². The van der Waals surface area contributed by atoms with Crippen LogP contribution >= 0.6 is 0 Å². The molecule has 0 spiro atoms. The number of hydrogen-bond acceptors (Lipinski definition) is 6. The van der Waals surface area contributed by atoms with E-state index < -0.39 is 0 Å². The van der Waals surface area contributed by atoms with Gasteiger partial charge in [0.2, 0.25) is 0 Å². The highest BCUT2D eigenvalue weighted by molar-refractivity contribution is 5.08. The molecule has 6 nitrogen and oxygen atoms in total. The van der Waals surface area contributed by atoms with Gasteiger partial charge >= 0.3 is 0 Å². The fourth-order valence-corrected chi connectivity index (χ4v) is 7.27. The zero-order chi connectivity index (χ0) is 29.3. The maximum absolute atomic E-state index is 6.21. The fourth-order valence-electron chi connectivity index (χ4n) is 7.27. The van der Waals surface area contributed by atoms with Gasteiger partial charge in [-0.05, 0) is 64.2 Å². The highest BCUT2D eigenvalue weighted by atomic mass is 16.6. The minimum atomic E-state index is 0.0203. The van der Waals surface area contributed by atoms with Crippen LogP contribution in [0.2, 0.25) is 0 Å². The summed E-state index contributed by atoms with van der Waals surface area (Å²) < 4.78 is 33.3. The van der Waals surface area contributed by atoms with E-state index in [1.165, 1.54) is 0 Å². The molecular weight excluding hydrogens is 480 g/mol. The molecular formula is C32H64O6. The third kappa shape index (κ3) is 8.88. The molecule has 38 heavy (non-hydrogen) atoms. The van der Waals surface area contributed by atoms with Crippen LogP contribution in [0.15, 0.2) is 0 Å². The highest BCUT2D eigenvalue weighted by Crippen LogP contribution is 2.52. The minimum Gasteiger partial charge on any atom is -0.385 e. The molecule has 228 valence electrons. The van der Waals surface area contributed by atoms with Gasteiger partial charge in [-0.15, -0.1) is 0 Å². The third-order valence-electron chi connectivity index (χ3n) is 8.25. The van der Waals surface area contributed by atoms with Crippen LogP contribution < -0.4 is 0 Å². The van der Waals surface area contributed by atoms with Crippen molar-refractivity contribution in [3.8, 4) is 0 Å². The predicted molar refractivity (Wildman–Crippen MR) is 157 cm³/mol. The molecule has 0 aromatic carbocycles. The van der Waals surface area contributed by atoms with Crippen molar-refractivity contribution in [3.05, 3.63) is 0 Å². The lowest BCUT2D eigenvalue weighted by Crippen LogP contribution is -2.40. The molecule has 0 aromatic heterocycles. The topological polar surface area (TPSA) is 55.4 Å². The van der Waals surface area contributed by atoms with Gasteiger partial charge in [0, 0.05) is 39.3 Å². The van der Waals surface area contributed by atoms with Gasteiger partial charge in [0.15, 0.2) is 0 Å². The van der Waals surface area contributed by atoms with Crippen LogP contribution in [0.1, 0.15) is 95.9 Å². The molecule has 0 N–H and O–H groups in total. The largest absolute Gasteiger partial charge is 0.385 e. The van der Waals surface area contributed by atoms with E-state index in [1.807, 2.05) is 13.8 Å². The van der Waals surface area contributed by atoms with Gasteiger partial charge in [-0.3, -0.25) is 0 Å². The molecule has 6 heteroatoms. The standard InChI is InChI=1S/2C13H24O2.2C3H8O/c2*1-8(2)6-13-7-14-12(10(5)15-13)11(13)9(3)4;2*1-3-4-2/h2*8-12H,6-7H2,1-5H3;2*3H2,1-2H3. The molecule has 4 heterocycles. The lowest BCUT2D eigenvalue weighted by Gasteiger charge is -2.34. The van der Waals surface area contributed by atoms with E-state index in [-0.39, 0.29) is 23.4 Å². The Labute approximate surface area is 236 Å². The Morgan fingerprint density at radius 1 is 0.632 bits per heavy atom. The Balaban J connectivity index is 0.000000298. The summed E-state index contributed by atoms with van der Waals surface area (Å²) in [7, 11) is 3.36. The Morgan fingerprint density at radius 2 is 0.921 bits per heavy atom. The maximum atomic E-state index is 6.21. The number of rotatable bonds is 8. The predicted octanol–water partition coefficient (Wildman–Crippen LogP) is 7.03. The molecule has 4 aliphatic heterocycles. The number of hydrogen-bond donors (Lipinski definition) is 0. The van der Waals surface area contributed by atoms with Crippen LogP contribution in [0.25, 0.3) is 0 Å². The van der Waals surface area contributed by atoms with Gasteiger partial charge in [0.1, 0.15) is 0 Å².